The molecule has 0 aromatic heterocycles. The normalized spacial score (nSPS) is 23.8. The molecule has 0 bridgehead atoms. The molecule has 0 aliphatic heterocycles. The highest BCUT2D eigenvalue weighted by Gasteiger charge is 2.30. The highest BCUT2D eigenvalue weighted by Crippen LogP contribution is 2.38. The van der Waals surface area contributed by atoms with E-state index in [1.165, 1.54) is 6.42 Å². The molecule has 66 valence electrons. The Bertz CT molecular complexity index is 204. The van der Waals surface area contributed by atoms with E-state index in [1.54, 1.807) is 0 Å². The molecule has 0 unspecified atom stereocenters. The summed E-state index contributed by atoms with van der Waals surface area (Å²) in [6, 6.07) is 2.28. The van der Waals surface area contributed by atoms with Crippen LogP contribution in [0.5, 0.6) is 0 Å². The van der Waals surface area contributed by atoms with Crippen molar-refractivity contribution >= 4 is 5.78 Å². The molecule has 0 saturated heterocycles. The Morgan fingerprint density at radius 3 is 1.83 bits per heavy atom. The fraction of sp³-hybridized carbons (Fsp3) is 0.800. The predicted molar refractivity (Wildman–Crippen MR) is 46.4 cm³/mol. The van der Waals surface area contributed by atoms with Crippen molar-refractivity contribution in [3.63, 3.8) is 0 Å². The lowest BCUT2D eigenvalue weighted by molar-refractivity contribution is -0.123. The average molecular weight is 165 g/mol. The molecule has 2 nitrogen and oxygen atoms in total. The first-order chi connectivity index (χ1) is 5.66. The van der Waals surface area contributed by atoms with E-state index in [9.17, 15) is 4.79 Å². The summed E-state index contributed by atoms with van der Waals surface area (Å²) in [6.45, 7) is 2.02. The van der Waals surface area contributed by atoms with Crippen molar-refractivity contribution in [1.82, 2.24) is 0 Å². The van der Waals surface area contributed by atoms with Gasteiger partial charge in [0.2, 0.25) is 0 Å². The van der Waals surface area contributed by atoms with Crippen molar-refractivity contribution in [2.24, 2.45) is 5.41 Å². The zero-order valence-electron chi connectivity index (χ0n) is 7.60. The second-order valence-electron chi connectivity index (χ2n) is 3.92. The van der Waals surface area contributed by atoms with E-state index in [2.05, 4.69) is 6.07 Å². The summed E-state index contributed by atoms with van der Waals surface area (Å²) in [7, 11) is 0. The van der Waals surface area contributed by atoms with Gasteiger partial charge in [0, 0.05) is 12.8 Å². The van der Waals surface area contributed by atoms with Gasteiger partial charge in [-0.1, -0.05) is 6.42 Å². The summed E-state index contributed by atoms with van der Waals surface area (Å²) in [5, 5.41) is 8.40. The summed E-state index contributed by atoms with van der Waals surface area (Å²) in [5.74, 6) is 0.435. The van der Waals surface area contributed by atoms with Crippen LogP contribution in [-0.4, -0.2) is 5.78 Å². The Balaban J connectivity index is 0.000000127. The summed E-state index contributed by atoms with van der Waals surface area (Å²) < 4.78 is 0. The largest absolute Gasteiger partial charge is 0.300 e. The molecule has 12 heavy (non-hydrogen) atoms. The predicted octanol–water partition coefficient (Wildman–Crippen LogP) is 2.44. The van der Waals surface area contributed by atoms with E-state index < -0.39 is 0 Å². The summed E-state index contributed by atoms with van der Waals surface area (Å²) in [6.07, 6.45) is 6.32. The third-order valence-electron chi connectivity index (χ3n) is 2.64. The maximum absolute atomic E-state index is 9.90. The molecule has 2 fully saturated rings. The zero-order valence-corrected chi connectivity index (χ0v) is 7.60. The van der Waals surface area contributed by atoms with E-state index in [0.717, 1.165) is 32.1 Å². The number of Topliss-reactive ketones (excluding diaryl/α,β-unsaturated/α-hetero) is 1. The molecule has 0 amide bonds. The molecule has 0 aromatic carbocycles. The lowest BCUT2D eigenvalue weighted by Crippen LogP contribution is -2.22. The lowest BCUT2D eigenvalue weighted by Gasteiger charge is -2.30. The minimum absolute atomic E-state index is 0.0694. The van der Waals surface area contributed by atoms with Crippen molar-refractivity contribution in [2.75, 3.05) is 0 Å². The quantitative estimate of drug-likeness (QED) is 0.553. The maximum Gasteiger partial charge on any atom is 0.132 e. The number of ketones is 1. The molecule has 0 atom stereocenters. The van der Waals surface area contributed by atoms with E-state index in [1.807, 2.05) is 6.92 Å². The highest BCUT2D eigenvalue weighted by molar-refractivity contribution is 5.83. The van der Waals surface area contributed by atoms with Crippen LogP contribution < -0.4 is 0 Å². The summed E-state index contributed by atoms with van der Waals surface area (Å²) in [5.41, 5.74) is 0.0694. The fourth-order valence-corrected chi connectivity index (χ4v) is 1.14. The van der Waals surface area contributed by atoms with Crippen molar-refractivity contribution in [2.45, 2.75) is 45.4 Å². The van der Waals surface area contributed by atoms with Crippen molar-refractivity contribution in [3.05, 3.63) is 0 Å². The number of nitrogens with zero attached hydrogens (tertiary/aromatic N) is 1. The molecule has 0 radical (unpaired) electrons. The molecule has 0 N–H and O–H groups in total. The number of carbonyl (C=O) groups excluding carboxylic acids is 1. The SMILES string of the molecule is CC1(C#N)CCC1.O=C1CCC1. The van der Waals surface area contributed by atoms with Gasteiger partial charge in [-0.05, 0) is 26.2 Å². The molecule has 2 heteroatoms. The smallest absolute Gasteiger partial charge is 0.132 e. The molecular weight excluding hydrogens is 150 g/mol. The van der Waals surface area contributed by atoms with Gasteiger partial charge in [-0.15, -0.1) is 0 Å². The Labute approximate surface area is 73.6 Å². The van der Waals surface area contributed by atoms with Gasteiger partial charge in [0.05, 0.1) is 11.5 Å². The Morgan fingerprint density at radius 1 is 1.33 bits per heavy atom. The molecule has 0 aromatic rings. The first-order valence-electron chi connectivity index (χ1n) is 4.59. The van der Waals surface area contributed by atoms with Crippen molar-refractivity contribution in [1.29, 1.82) is 5.26 Å². The molecule has 2 aliphatic rings. The van der Waals surface area contributed by atoms with E-state index in [-0.39, 0.29) is 5.41 Å². The van der Waals surface area contributed by atoms with Gasteiger partial charge in [0.15, 0.2) is 0 Å². The van der Waals surface area contributed by atoms with E-state index in [4.69, 9.17) is 5.26 Å². The minimum Gasteiger partial charge on any atom is -0.300 e. The first kappa shape index (κ1) is 9.25. The van der Waals surface area contributed by atoms with Gasteiger partial charge in [-0.3, -0.25) is 4.79 Å². The Hall–Kier alpha value is -0.840. The zero-order chi connectivity index (χ0) is 9.03. The van der Waals surface area contributed by atoms with Crippen molar-refractivity contribution in [3.8, 4) is 6.07 Å². The van der Waals surface area contributed by atoms with Gasteiger partial charge >= 0.3 is 0 Å². The fourth-order valence-electron chi connectivity index (χ4n) is 1.14. The maximum atomic E-state index is 9.90. The number of rotatable bonds is 0. The second kappa shape index (κ2) is 3.71. The third-order valence-corrected chi connectivity index (χ3v) is 2.64. The molecule has 0 heterocycles. The number of carbonyl (C=O) groups is 1. The van der Waals surface area contributed by atoms with Gasteiger partial charge in [0.1, 0.15) is 5.78 Å². The van der Waals surface area contributed by atoms with Gasteiger partial charge in [-0.2, -0.15) is 5.26 Å². The third kappa shape index (κ3) is 2.34. The molecule has 0 spiro atoms. The van der Waals surface area contributed by atoms with Crippen LogP contribution in [0, 0.1) is 16.7 Å². The second-order valence-corrected chi connectivity index (χ2v) is 3.92. The highest BCUT2D eigenvalue weighted by atomic mass is 16.1. The van der Waals surface area contributed by atoms with Crippen LogP contribution in [0.2, 0.25) is 0 Å². The van der Waals surface area contributed by atoms with Crippen molar-refractivity contribution < 1.29 is 4.79 Å². The van der Waals surface area contributed by atoms with Crippen LogP contribution in [0.25, 0.3) is 0 Å². The number of hydrogen-bond donors (Lipinski definition) is 0. The van der Waals surface area contributed by atoms with Gasteiger partial charge in [-0.25, -0.2) is 0 Å². The molecule has 2 aliphatic carbocycles. The molecule has 2 saturated carbocycles. The monoisotopic (exact) mass is 165 g/mol. The topological polar surface area (TPSA) is 40.9 Å². The van der Waals surface area contributed by atoms with Crippen LogP contribution in [0.4, 0.5) is 0 Å². The van der Waals surface area contributed by atoms with Crippen LogP contribution in [-0.2, 0) is 4.79 Å². The Morgan fingerprint density at radius 2 is 1.83 bits per heavy atom. The van der Waals surface area contributed by atoms with E-state index >= 15 is 0 Å². The van der Waals surface area contributed by atoms with Crippen LogP contribution >= 0.6 is 0 Å². The summed E-state index contributed by atoms with van der Waals surface area (Å²) >= 11 is 0. The van der Waals surface area contributed by atoms with Crippen LogP contribution in [0.3, 0.4) is 0 Å². The Kier molecular flexibility index (Phi) is 2.86. The van der Waals surface area contributed by atoms with Crippen LogP contribution in [0.15, 0.2) is 0 Å². The lowest BCUT2D eigenvalue weighted by atomic mass is 9.72. The van der Waals surface area contributed by atoms with E-state index in [0.29, 0.717) is 5.78 Å². The molecular formula is C10H15NO. The standard InChI is InChI=1S/C6H9N.C4H6O/c1-6(5-7)3-2-4-6;5-4-2-1-3-4/h2-4H2,1H3;1-3H2. The van der Waals surface area contributed by atoms with Gasteiger partial charge < -0.3 is 0 Å². The first-order valence-corrected chi connectivity index (χ1v) is 4.59. The van der Waals surface area contributed by atoms with Gasteiger partial charge in [0.25, 0.3) is 0 Å². The number of nitriles is 1. The molecule has 2 rings (SSSR count). The average Bonchev–Trinajstić information content (AvgIpc) is 1.98. The summed E-state index contributed by atoms with van der Waals surface area (Å²) in [4.78, 5) is 9.90. The van der Waals surface area contributed by atoms with Crippen LogP contribution in [0.1, 0.15) is 45.4 Å². The minimum atomic E-state index is 0.0694. The number of hydrogen-bond acceptors (Lipinski definition) is 2.